The third-order valence-corrected chi connectivity index (χ3v) is 1.99. The molecule has 1 rings (SSSR count). The molecule has 0 aliphatic heterocycles. The molecule has 0 atom stereocenters. The quantitative estimate of drug-likeness (QED) is 0.732. The van der Waals surface area contributed by atoms with Crippen LogP contribution in [-0.2, 0) is 11.2 Å². The Morgan fingerprint density at radius 2 is 2.36 bits per heavy atom. The van der Waals surface area contributed by atoms with Crippen molar-refractivity contribution >= 4 is 5.97 Å². The third kappa shape index (κ3) is 2.58. The maximum Gasteiger partial charge on any atom is 0.341 e. The highest BCUT2D eigenvalue weighted by molar-refractivity contribution is 5.90. The minimum absolute atomic E-state index is 0.285. The SMILES string of the molecule is CCCCc1[nH]ncc1C(=O)OCC. The predicted octanol–water partition coefficient (Wildman–Crippen LogP) is 1.93. The fraction of sp³-hybridized carbons (Fsp3) is 0.600. The van der Waals surface area contributed by atoms with E-state index in [1.54, 1.807) is 6.92 Å². The molecule has 0 fully saturated rings. The lowest BCUT2D eigenvalue weighted by atomic mass is 10.1. The Morgan fingerprint density at radius 1 is 1.57 bits per heavy atom. The molecule has 0 bridgehead atoms. The van der Waals surface area contributed by atoms with E-state index in [1.807, 2.05) is 0 Å². The molecule has 14 heavy (non-hydrogen) atoms. The van der Waals surface area contributed by atoms with E-state index >= 15 is 0 Å². The minimum Gasteiger partial charge on any atom is -0.462 e. The van der Waals surface area contributed by atoms with Crippen molar-refractivity contribution in [3.8, 4) is 0 Å². The van der Waals surface area contributed by atoms with E-state index in [0.29, 0.717) is 12.2 Å². The van der Waals surface area contributed by atoms with Gasteiger partial charge in [0.05, 0.1) is 12.8 Å². The average Bonchev–Trinajstić information content (AvgIpc) is 2.63. The summed E-state index contributed by atoms with van der Waals surface area (Å²) in [6, 6.07) is 0. The lowest BCUT2D eigenvalue weighted by molar-refractivity contribution is 0.0525. The highest BCUT2D eigenvalue weighted by atomic mass is 16.5. The lowest BCUT2D eigenvalue weighted by Crippen LogP contribution is -2.06. The highest BCUT2D eigenvalue weighted by Crippen LogP contribution is 2.09. The second-order valence-electron chi connectivity index (χ2n) is 3.09. The first-order valence-corrected chi connectivity index (χ1v) is 4.99. The minimum atomic E-state index is -0.285. The second-order valence-corrected chi connectivity index (χ2v) is 3.09. The highest BCUT2D eigenvalue weighted by Gasteiger charge is 2.13. The van der Waals surface area contributed by atoms with Gasteiger partial charge in [0.25, 0.3) is 0 Å². The van der Waals surface area contributed by atoms with Gasteiger partial charge in [-0.05, 0) is 19.8 Å². The van der Waals surface area contributed by atoms with Crippen LogP contribution in [0.3, 0.4) is 0 Å². The number of rotatable bonds is 5. The van der Waals surface area contributed by atoms with E-state index in [2.05, 4.69) is 17.1 Å². The van der Waals surface area contributed by atoms with E-state index in [1.165, 1.54) is 6.20 Å². The van der Waals surface area contributed by atoms with E-state index in [0.717, 1.165) is 25.0 Å². The number of unbranched alkanes of at least 4 members (excludes halogenated alkanes) is 1. The first kappa shape index (κ1) is 10.8. The normalized spacial score (nSPS) is 10.1. The molecule has 0 spiro atoms. The van der Waals surface area contributed by atoms with Crippen LogP contribution in [0, 0.1) is 0 Å². The van der Waals surface area contributed by atoms with Gasteiger partial charge in [0.1, 0.15) is 5.56 Å². The lowest BCUT2D eigenvalue weighted by Gasteiger charge is -2.01. The standard InChI is InChI=1S/C10H16N2O2/c1-3-5-6-9-8(7-11-12-9)10(13)14-4-2/h7H,3-6H2,1-2H3,(H,11,12). The summed E-state index contributed by atoms with van der Waals surface area (Å²) < 4.78 is 4.91. The summed E-state index contributed by atoms with van der Waals surface area (Å²) in [5, 5.41) is 6.68. The van der Waals surface area contributed by atoms with Crippen molar-refractivity contribution in [1.82, 2.24) is 10.2 Å². The van der Waals surface area contributed by atoms with Crippen LogP contribution < -0.4 is 0 Å². The average molecular weight is 196 g/mol. The molecule has 0 unspecified atom stereocenters. The number of nitrogens with one attached hydrogen (secondary N) is 1. The number of carbonyl (C=O) groups is 1. The van der Waals surface area contributed by atoms with Gasteiger partial charge in [0, 0.05) is 5.69 Å². The van der Waals surface area contributed by atoms with Crippen molar-refractivity contribution in [2.45, 2.75) is 33.1 Å². The van der Waals surface area contributed by atoms with Crippen LogP contribution in [0.1, 0.15) is 42.7 Å². The smallest absolute Gasteiger partial charge is 0.341 e. The zero-order chi connectivity index (χ0) is 10.4. The van der Waals surface area contributed by atoms with Crippen LogP contribution in [0.2, 0.25) is 0 Å². The van der Waals surface area contributed by atoms with Crippen molar-refractivity contribution in [3.63, 3.8) is 0 Å². The Hall–Kier alpha value is -1.32. The van der Waals surface area contributed by atoms with Crippen LogP contribution >= 0.6 is 0 Å². The van der Waals surface area contributed by atoms with Crippen LogP contribution in [0.4, 0.5) is 0 Å². The molecule has 4 heteroatoms. The monoisotopic (exact) mass is 196 g/mol. The molecule has 1 N–H and O–H groups in total. The van der Waals surface area contributed by atoms with Crippen molar-refractivity contribution in [3.05, 3.63) is 17.5 Å². The Morgan fingerprint density at radius 3 is 3.00 bits per heavy atom. The second kappa shape index (κ2) is 5.42. The molecule has 1 heterocycles. The van der Waals surface area contributed by atoms with Crippen LogP contribution in [0.5, 0.6) is 0 Å². The number of aromatic nitrogens is 2. The molecule has 0 radical (unpaired) electrons. The van der Waals surface area contributed by atoms with E-state index in [4.69, 9.17) is 4.74 Å². The molecule has 4 nitrogen and oxygen atoms in total. The fourth-order valence-corrected chi connectivity index (χ4v) is 1.24. The zero-order valence-corrected chi connectivity index (χ0v) is 8.67. The van der Waals surface area contributed by atoms with Crippen molar-refractivity contribution in [1.29, 1.82) is 0 Å². The first-order valence-electron chi connectivity index (χ1n) is 4.99. The number of aromatic amines is 1. The van der Waals surface area contributed by atoms with Gasteiger partial charge in [0.2, 0.25) is 0 Å². The Kier molecular flexibility index (Phi) is 4.16. The molecule has 1 aromatic rings. The van der Waals surface area contributed by atoms with Gasteiger partial charge in [-0.3, -0.25) is 5.10 Å². The number of carbonyl (C=O) groups excluding carboxylic acids is 1. The molecule has 1 aromatic heterocycles. The third-order valence-electron chi connectivity index (χ3n) is 1.99. The largest absolute Gasteiger partial charge is 0.462 e. The topological polar surface area (TPSA) is 55.0 Å². The molecule has 0 amide bonds. The number of ether oxygens (including phenoxy) is 1. The molecular weight excluding hydrogens is 180 g/mol. The summed E-state index contributed by atoms with van der Waals surface area (Å²) in [6.07, 6.45) is 4.53. The number of hydrogen-bond acceptors (Lipinski definition) is 3. The number of hydrogen-bond donors (Lipinski definition) is 1. The number of aryl methyl sites for hydroxylation is 1. The van der Waals surface area contributed by atoms with E-state index < -0.39 is 0 Å². The molecule has 78 valence electrons. The molecule has 0 aliphatic rings. The van der Waals surface area contributed by atoms with E-state index in [-0.39, 0.29) is 5.97 Å². The summed E-state index contributed by atoms with van der Waals surface area (Å²) in [4.78, 5) is 11.4. The Balaban J connectivity index is 2.66. The summed E-state index contributed by atoms with van der Waals surface area (Å²) in [5.41, 5.74) is 1.45. The number of H-pyrrole nitrogens is 1. The molecular formula is C10H16N2O2. The van der Waals surface area contributed by atoms with Crippen LogP contribution in [0.15, 0.2) is 6.20 Å². The molecule has 0 aliphatic carbocycles. The van der Waals surface area contributed by atoms with Gasteiger partial charge in [-0.1, -0.05) is 13.3 Å². The van der Waals surface area contributed by atoms with Gasteiger partial charge in [-0.2, -0.15) is 5.10 Å². The fourth-order valence-electron chi connectivity index (χ4n) is 1.24. The van der Waals surface area contributed by atoms with Gasteiger partial charge in [0.15, 0.2) is 0 Å². The zero-order valence-electron chi connectivity index (χ0n) is 8.67. The van der Waals surface area contributed by atoms with E-state index in [9.17, 15) is 4.79 Å². The Bertz CT molecular complexity index is 294. The van der Waals surface area contributed by atoms with Crippen LogP contribution in [-0.4, -0.2) is 22.8 Å². The maximum absolute atomic E-state index is 11.4. The first-order chi connectivity index (χ1) is 6.79. The maximum atomic E-state index is 11.4. The van der Waals surface area contributed by atoms with Crippen molar-refractivity contribution in [2.24, 2.45) is 0 Å². The number of nitrogens with zero attached hydrogens (tertiary/aromatic N) is 1. The molecule has 0 aromatic carbocycles. The van der Waals surface area contributed by atoms with Crippen molar-refractivity contribution < 1.29 is 9.53 Å². The molecule has 0 saturated heterocycles. The predicted molar refractivity (Wildman–Crippen MR) is 53.2 cm³/mol. The summed E-state index contributed by atoms with van der Waals surface area (Å²) in [6.45, 7) is 4.31. The summed E-state index contributed by atoms with van der Waals surface area (Å²) in [5.74, 6) is -0.285. The van der Waals surface area contributed by atoms with Gasteiger partial charge in [-0.25, -0.2) is 4.79 Å². The molecule has 0 saturated carbocycles. The Labute approximate surface area is 83.7 Å². The summed E-state index contributed by atoms with van der Waals surface area (Å²) >= 11 is 0. The van der Waals surface area contributed by atoms with Gasteiger partial charge < -0.3 is 4.74 Å². The summed E-state index contributed by atoms with van der Waals surface area (Å²) in [7, 11) is 0. The van der Waals surface area contributed by atoms with Crippen LogP contribution in [0.25, 0.3) is 0 Å². The number of esters is 1. The van der Waals surface area contributed by atoms with Crippen molar-refractivity contribution in [2.75, 3.05) is 6.61 Å². The van der Waals surface area contributed by atoms with Gasteiger partial charge in [-0.15, -0.1) is 0 Å². The van der Waals surface area contributed by atoms with Gasteiger partial charge >= 0.3 is 5.97 Å².